The second-order valence-corrected chi connectivity index (χ2v) is 4.34. The molecular weight excluding hydrogens is 258 g/mol. The molecule has 0 aromatic carbocycles. The summed E-state index contributed by atoms with van der Waals surface area (Å²) in [6, 6.07) is 3.71. The minimum Gasteiger partial charge on any atom is -0.388 e. The van der Waals surface area contributed by atoms with Gasteiger partial charge in [-0.3, -0.25) is 9.78 Å². The van der Waals surface area contributed by atoms with Gasteiger partial charge in [-0.1, -0.05) is 5.21 Å². The zero-order valence-electron chi connectivity index (χ0n) is 11.1. The van der Waals surface area contributed by atoms with Gasteiger partial charge in [-0.2, -0.15) is 5.10 Å². The van der Waals surface area contributed by atoms with Crippen molar-refractivity contribution in [2.75, 3.05) is 12.4 Å². The average Bonchev–Trinajstić information content (AvgIpc) is 2.84. The number of aryl methyl sites for hydroxylation is 1. The molecule has 0 atom stereocenters. The molecule has 0 aliphatic carbocycles. The second-order valence-electron chi connectivity index (χ2n) is 4.34. The van der Waals surface area contributed by atoms with E-state index in [9.17, 15) is 4.79 Å². The van der Waals surface area contributed by atoms with Crippen molar-refractivity contribution >= 4 is 16.7 Å². The van der Waals surface area contributed by atoms with Gasteiger partial charge >= 0.3 is 0 Å². The van der Waals surface area contributed by atoms with Gasteiger partial charge in [-0.05, 0) is 12.1 Å². The van der Waals surface area contributed by atoms with Crippen LogP contribution in [0.25, 0.3) is 11.0 Å². The van der Waals surface area contributed by atoms with Gasteiger partial charge in [0.25, 0.3) is 5.56 Å². The quantitative estimate of drug-likeness (QED) is 0.721. The lowest BCUT2D eigenvalue weighted by Gasteiger charge is -2.05. The third kappa shape index (κ3) is 2.00. The first-order valence-electron chi connectivity index (χ1n) is 6.07. The van der Waals surface area contributed by atoms with E-state index in [-0.39, 0.29) is 12.1 Å². The maximum atomic E-state index is 12.3. The molecule has 0 aliphatic rings. The van der Waals surface area contributed by atoms with Gasteiger partial charge in [0.2, 0.25) is 0 Å². The minimum atomic E-state index is -0.222. The van der Waals surface area contributed by atoms with Crippen molar-refractivity contribution in [3.8, 4) is 0 Å². The summed E-state index contributed by atoms with van der Waals surface area (Å²) in [5.74, 6) is 0. The Hall–Kier alpha value is -2.77. The van der Waals surface area contributed by atoms with Crippen molar-refractivity contribution in [3.63, 3.8) is 0 Å². The lowest BCUT2D eigenvalue weighted by Crippen LogP contribution is -2.25. The summed E-state index contributed by atoms with van der Waals surface area (Å²) >= 11 is 0. The molecule has 0 bridgehead atoms. The van der Waals surface area contributed by atoms with Gasteiger partial charge in [-0.15, -0.1) is 5.10 Å². The summed E-state index contributed by atoms with van der Waals surface area (Å²) in [7, 11) is 3.55. The van der Waals surface area contributed by atoms with Crippen LogP contribution in [-0.2, 0) is 13.6 Å². The molecule has 3 heterocycles. The van der Waals surface area contributed by atoms with Crippen molar-refractivity contribution in [3.05, 3.63) is 40.6 Å². The van der Waals surface area contributed by atoms with E-state index in [4.69, 9.17) is 0 Å². The van der Waals surface area contributed by atoms with Gasteiger partial charge in [-0.25, -0.2) is 9.36 Å². The Morgan fingerprint density at radius 3 is 3.05 bits per heavy atom. The summed E-state index contributed by atoms with van der Waals surface area (Å²) in [6.45, 7) is 0.270. The van der Waals surface area contributed by atoms with Crippen LogP contribution >= 0.6 is 0 Å². The van der Waals surface area contributed by atoms with Crippen LogP contribution in [0.2, 0.25) is 0 Å². The number of aromatic nitrogens is 6. The molecule has 20 heavy (non-hydrogen) atoms. The number of pyridine rings is 1. The number of anilines is 1. The Balaban J connectivity index is 2.02. The monoisotopic (exact) mass is 271 g/mol. The van der Waals surface area contributed by atoms with Crippen LogP contribution in [0.3, 0.4) is 0 Å². The summed E-state index contributed by atoms with van der Waals surface area (Å²) < 4.78 is 2.81. The van der Waals surface area contributed by atoms with E-state index in [0.717, 1.165) is 11.4 Å². The number of rotatable bonds is 3. The third-order valence-electron chi connectivity index (χ3n) is 3.04. The van der Waals surface area contributed by atoms with Crippen molar-refractivity contribution < 1.29 is 0 Å². The highest BCUT2D eigenvalue weighted by Gasteiger charge is 2.10. The highest BCUT2D eigenvalue weighted by atomic mass is 16.1. The first kappa shape index (κ1) is 12.3. The topological polar surface area (TPSA) is 90.5 Å². The first-order valence-corrected chi connectivity index (χ1v) is 6.07. The van der Waals surface area contributed by atoms with Crippen molar-refractivity contribution in [1.82, 2.24) is 29.8 Å². The molecule has 8 nitrogen and oxygen atoms in total. The van der Waals surface area contributed by atoms with Crippen molar-refractivity contribution in [2.45, 2.75) is 6.54 Å². The number of nitrogens with zero attached hydrogens (tertiary/aromatic N) is 6. The zero-order chi connectivity index (χ0) is 14.1. The molecule has 0 fully saturated rings. The van der Waals surface area contributed by atoms with E-state index in [1.54, 1.807) is 13.2 Å². The van der Waals surface area contributed by atoms with Gasteiger partial charge < -0.3 is 5.32 Å². The summed E-state index contributed by atoms with van der Waals surface area (Å²) in [5, 5.41) is 15.4. The Labute approximate surface area is 114 Å². The molecule has 0 aliphatic heterocycles. The van der Waals surface area contributed by atoms with E-state index in [1.165, 1.54) is 15.6 Å². The van der Waals surface area contributed by atoms with Crippen LogP contribution in [-0.4, -0.2) is 36.8 Å². The van der Waals surface area contributed by atoms with Crippen LogP contribution in [0.1, 0.15) is 5.69 Å². The maximum absolute atomic E-state index is 12.3. The fourth-order valence-electron chi connectivity index (χ4n) is 1.95. The number of hydrogen-bond acceptors (Lipinski definition) is 6. The predicted octanol–water partition coefficient (Wildman–Crippen LogP) is 0.01000. The molecule has 0 saturated carbocycles. The van der Waals surface area contributed by atoms with Gasteiger partial charge in [0, 0.05) is 26.0 Å². The lowest BCUT2D eigenvalue weighted by molar-refractivity contribution is 0.587. The summed E-state index contributed by atoms with van der Waals surface area (Å²) in [6.07, 6.45) is 3.18. The fraction of sp³-hybridized carbons (Fsp3) is 0.250. The van der Waals surface area contributed by atoms with E-state index >= 15 is 0 Å². The van der Waals surface area contributed by atoms with Crippen LogP contribution < -0.4 is 10.9 Å². The van der Waals surface area contributed by atoms with E-state index in [2.05, 4.69) is 25.7 Å². The van der Waals surface area contributed by atoms with Crippen LogP contribution in [0.15, 0.2) is 29.3 Å². The predicted molar refractivity (Wildman–Crippen MR) is 73.4 cm³/mol. The summed E-state index contributed by atoms with van der Waals surface area (Å²) in [4.78, 5) is 16.5. The highest BCUT2D eigenvalue weighted by Crippen LogP contribution is 2.08. The molecule has 0 radical (unpaired) electrons. The third-order valence-corrected chi connectivity index (χ3v) is 3.04. The van der Waals surface area contributed by atoms with Gasteiger partial charge in [0.15, 0.2) is 5.65 Å². The second kappa shape index (κ2) is 4.72. The molecule has 1 N–H and O–H groups in total. The van der Waals surface area contributed by atoms with Gasteiger partial charge in [0.1, 0.15) is 5.39 Å². The first-order chi connectivity index (χ1) is 9.69. The zero-order valence-corrected chi connectivity index (χ0v) is 11.1. The minimum absolute atomic E-state index is 0.222. The van der Waals surface area contributed by atoms with E-state index in [0.29, 0.717) is 11.0 Å². The van der Waals surface area contributed by atoms with E-state index < -0.39 is 0 Å². The van der Waals surface area contributed by atoms with Crippen LogP contribution in [0.5, 0.6) is 0 Å². The van der Waals surface area contributed by atoms with Crippen molar-refractivity contribution in [2.24, 2.45) is 7.05 Å². The molecule has 102 valence electrons. The van der Waals surface area contributed by atoms with Crippen LogP contribution in [0, 0.1) is 0 Å². The Morgan fingerprint density at radius 1 is 1.40 bits per heavy atom. The standard InChI is InChI=1S/C12H13N7O/c1-13-8-3-4-14-9(5-8)7-19-12(20)10-6-15-18(2)11(10)16-17-19/h3-6H,7H2,1-2H3,(H,13,14). The van der Waals surface area contributed by atoms with Gasteiger partial charge in [0.05, 0.1) is 18.4 Å². The van der Waals surface area contributed by atoms with E-state index in [1.807, 2.05) is 19.2 Å². The maximum Gasteiger partial charge on any atom is 0.281 e. The smallest absolute Gasteiger partial charge is 0.281 e. The molecule has 3 aromatic heterocycles. The molecule has 0 saturated heterocycles. The Morgan fingerprint density at radius 2 is 2.25 bits per heavy atom. The van der Waals surface area contributed by atoms with Crippen LogP contribution in [0.4, 0.5) is 5.69 Å². The molecule has 0 spiro atoms. The molecule has 3 rings (SSSR count). The number of fused-ring (bicyclic) bond motifs is 1. The summed E-state index contributed by atoms with van der Waals surface area (Å²) in [5.41, 5.74) is 1.91. The SMILES string of the molecule is CNc1ccnc(Cn2nnc3c(cnn3C)c2=O)c1. The molecule has 0 unspecified atom stereocenters. The molecule has 8 heteroatoms. The largest absolute Gasteiger partial charge is 0.388 e. The van der Waals surface area contributed by atoms with Crippen molar-refractivity contribution in [1.29, 1.82) is 0 Å². The number of hydrogen-bond donors (Lipinski definition) is 1. The Bertz CT molecular complexity index is 820. The molecule has 3 aromatic rings. The molecular formula is C12H13N7O. The Kier molecular flexibility index (Phi) is 2.90. The average molecular weight is 271 g/mol. The highest BCUT2D eigenvalue weighted by molar-refractivity contribution is 5.72. The molecule has 0 amide bonds. The number of nitrogens with one attached hydrogen (secondary N) is 1. The lowest BCUT2D eigenvalue weighted by atomic mass is 10.3. The normalized spacial score (nSPS) is 10.9. The fourth-order valence-corrected chi connectivity index (χ4v) is 1.95.